The summed E-state index contributed by atoms with van der Waals surface area (Å²) in [6, 6.07) is 11.3. The molecule has 1 aliphatic heterocycles. The molecule has 0 aliphatic carbocycles. The fourth-order valence-corrected chi connectivity index (χ4v) is 5.22. The van der Waals surface area contributed by atoms with E-state index in [0.717, 1.165) is 20.4 Å². The molecule has 1 aliphatic rings. The second kappa shape index (κ2) is 11.2. The molecule has 1 N–H and O–H groups in total. The van der Waals surface area contributed by atoms with Crippen LogP contribution in [0, 0.1) is 10.5 Å². The minimum atomic E-state index is -0.263. The number of carbonyl (C=O) groups excluding carboxylic acids is 2. The molecule has 168 valence electrons. The Balaban J connectivity index is 1.77. The van der Waals surface area contributed by atoms with Crippen LogP contribution in [0.2, 0.25) is 0 Å². The first-order valence-electron chi connectivity index (χ1n) is 10.0. The van der Waals surface area contributed by atoms with Gasteiger partial charge in [0, 0.05) is 12.2 Å². The van der Waals surface area contributed by atoms with Gasteiger partial charge in [-0.2, -0.15) is 0 Å². The maximum Gasteiger partial charge on any atom is 0.266 e. The van der Waals surface area contributed by atoms with Crippen molar-refractivity contribution in [1.29, 1.82) is 0 Å². The van der Waals surface area contributed by atoms with Crippen LogP contribution in [-0.4, -0.2) is 40.8 Å². The summed E-state index contributed by atoms with van der Waals surface area (Å²) in [5.74, 6) is 0.648. The number of thioether (sulfide) groups is 1. The highest BCUT2D eigenvalue weighted by Gasteiger charge is 2.30. The molecule has 32 heavy (non-hydrogen) atoms. The lowest BCUT2D eigenvalue weighted by atomic mass is 10.2. The molecule has 0 atom stereocenters. The van der Waals surface area contributed by atoms with Gasteiger partial charge in [0.25, 0.3) is 11.8 Å². The van der Waals surface area contributed by atoms with Crippen molar-refractivity contribution in [2.75, 3.05) is 25.1 Å². The van der Waals surface area contributed by atoms with E-state index >= 15 is 0 Å². The van der Waals surface area contributed by atoms with E-state index in [2.05, 4.69) is 27.9 Å². The Morgan fingerprint density at radius 1 is 1.25 bits per heavy atom. The monoisotopic (exact) mass is 582 g/mol. The van der Waals surface area contributed by atoms with Crippen molar-refractivity contribution in [3.63, 3.8) is 0 Å². The van der Waals surface area contributed by atoms with Crippen molar-refractivity contribution in [1.82, 2.24) is 4.90 Å². The Morgan fingerprint density at radius 2 is 2.03 bits per heavy atom. The molecule has 2 aromatic carbocycles. The van der Waals surface area contributed by atoms with E-state index in [0.29, 0.717) is 33.9 Å². The van der Waals surface area contributed by atoms with Crippen LogP contribution in [0.3, 0.4) is 0 Å². The second-order valence-corrected chi connectivity index (χ2v) is 9.73. The fraction of sp³-hybridized carbons (Fsp3) is 0.261. The van der Waals surface area contributed by atoms with Gasteiger partial charge in [0.2, 0.25) is 0 Å². The van der Waals surface area contributed by atoms with Crippen LogP contribution in [0.4, 0.5) is 5.69 Å². The predicted molar refractivity (Wildman–Crippen MR) is 141 cm³/mol. The zero-order valence-corrected chi connectivity index (χ0v) is 21.7. The molecule has 0 bridgehead atoms. The van der Waals surface area contributed by atoms with Crippen LogP contribution in [-0.2, 0) is 9.59 Å². The largest absolute Gasteiger partial charge is 0.490 e. The third-order valence-corrected chi connectivity index (χ3v) is 6.65. The molecule has 9 heteroatoms. The Kier molecular flexibility index (Phi) is 8.55. The van der Waals surface area contributed by atoms with E-state index in [-0.39, 0.29) is 18.4 Å². The standard InChI is InChI=1S/C23H23IN2O4S2/c1-4-26-22(28)19(32-23(26)31)12-15-10-17(24)21(18(11-15)29-5-2)30-13-20(27)25-16-8-6-7-14(3)9-16/h6-12H,4-5,13H2,1-3H3,(H,25,27)/b19-12-. The molecule has 1 heterocycles. The first kappa shape index (κ1) is 24.5. The number of carbonyl (C=O) groups is 2. The molecule has 0 unspecified atom stereocenters. The average molecular weight is 582 g/mol. The summed E-state index contributed by atoms with van der Waals surface area (Å²) >= 11 is 8.71. The summed E-state index contributed by atoms with van der Waals surface area (Å²) in [5, 5.41) is 2.83. The Labute approximate surface area is 210 Å². The average Bonchev–Trinajstić information content (AvgIpc) is 3.00. The van der Waals surface area contributed by atoms with E-state index in [1.807, 2.05) is 51.1 Å². The number of hydrogen-bond acceptors (Lipinski definition) is 6. The maximum absolute atomic E-state index is 12.5. The molecule has 0 spiro atoms. The molecule has 6 nitrogen and oxygen atoms in total. The number of hydrogen-bond donors (Lipinski definition) is 1. The lowest BCUT2D eigenvalue weighted by Gasteiger charge is -2.15. The highest BCUT2D eigenvalue weighted by Crippen LogP contribution is 2.37. The second-order valence-electron chi connectivity index (χ2n) is 6.90. The lowest BCUT2D eigenvalue weighted by Crippen LogP contribution is -2.27. The molecular weight excluding hydrogens is 559 g/mol. The van der Waals surface area contributed by atoms with E-state index < -0.39 is 0 Å². The van der Waals surface area contributed by atoms with Crippen molar-refractivity contribution in [3.05, 3.63) is 56.0 Å². The van der Waals surface area contributed by atoms with Crippen molar-refractivity contribution in [2.45, 2.75) is 20.8 Å². The van der Waals surface area contributed by atoms with Gasteiger partial charge in [0.1, 0.15) is 4.32 Å². The third kappa shape index (κ3) is 6.02. The van der Waals surface area contributed by atoms with Crippen LogP contribution >= 0.6 is 46.6 Å². The number of benzene rings is 2. The molecule has 0 saturated carbocycles. The Bertz CT molecular complexity index is 1090. The zero-order valence-electron chi connectivity index (χ0n) is 17.9. The quantitative estimate of drug-likeness (QED) is 0.261. The summed E-state index contributed by atoms with van der Waals surface area (Å²) in [6.07, 6.45) is 1.80. The van der Waals surface area contributed by atoms with Gasteiger partial charge in [0.15, 0.2) is 18.1 Å². The minimum absolute atomic E-state index is 0.0939. The number of thiocarbonyl (C=S) groups is 1. The highest BCUT2D eigenvalue weighted by atomic mass is 127. The van der Waals surface area contributed by atoms with Crippen LogP contribution < -0.4 is 14.8 Å². The fourth-order valence-electron chi connectivity index (χ4n) is 3.06. The minimum Gasteiger partial charge on any atom is -0.490 e. The lowest BCUT2D eigenvalue weighted by molar-refractivity contribution is -0.122. The number of amides is 2. The van der Waals surface area contributed by atoms with E-state index in [1.54, 1.807) is 17.0 Å². The van der Waals surface area contributed by atoms with Crippen LogP contribution in [0.5, 0.6) is 11.5 Å². The van der Waals surface area contributed by atoms with Crippen molar-refractivity contribution in [2.24, 2.45) is 0 Å². The Hall–Kier alpha value is -2.11. The number of halogens is 1. The number of likely N-dealkylation sites (N-methyl/N-ethyl adjacent to an activating group) is 1. The normalized spacial score (nSPS) is 14.8. The van der Waals surface area contributed by atoms with Crippen LogP contribution in [0.1, 0.15) is 25.0 Å². The van der Waals surface area contributed by atoms with Crippen LogP contribution in [0.15, 0.2) is 41.3 Å². The topological polar surface area (TPSA) is 67.9 Å². The van der Waals surface area contributed by atoms with Gasteiger partial charge in [-0.3, -0.25) is 14.5 Å². The zero-order chi connectivity index (χ0) is 23.3. The van der Waals surface area contributed by atoms with Gasteiger partial charge in [-0.05, 0) is 84.8 Å². The SMILES string of the molecule is CCOc1cc(/C=C2\SC(=S)N(CC)C2=O)cc(I)c1OCC(=O)Nc1cccc(C)c1. The number of aryl methyl sites for hydroxylation is 1. The molecule has 1 fully saturated rings. The van der Waals surface area contributed by atoms with Gasteiger partial charge in [-0.25, -0.2) is 0 Å². The van der Waals surface area contributed by atoms with E-state index in [4.69, 9.17) is 21.7 Å². The van der Waals surface area contributed by atoms with Gasteiger partial charge in [-0.15, -0.1) is 0 Å². The van der Waals surface area contributed by atoms with Crippen molar-refractivity contribution in [3.8, 4) is 11.5 Å². The molecule has 2 aromatic rings. The molecular formula is C23H23IN2O4S2. The van der Waals surface area contributed by atoms with Gasteiger partial charge < -0.3 is 14.8 Å². The summed E-state index contributed by atoms with van der Waals surface area (Å²) < 4.78 is 12.9. The van der Waals surface area contributed by atoms with Gasteiger partial charge >= 0.3 is 0 Å². The first-order valence-corrected chi connectivity index (χ1v) is 12.3. The van der Waals surface area contributed by atoms with Crippen molar-refractivity contribution >= 4 is 74.5 Å². The summed E-state index contributed by atoms with van der Waals surface area (Å²) in [5.41, 5.74) is 2.58. The Morgan fingerprint density at radius 3 is 2.69 bits per heavy atom. The van der Waals surface area contributed by atoms with Gasteiger partial charge in [-0.1, -0.05) is 36.1 Å². The molecule has 0 aromatic heterocycles. The number of nitrogens with zero attached hydrogens (tertiary/aromatic N) is 1. The van der Waals surface area contributed by atoms with E-state index in [1.165, 1.54) is 11.8 Å². The summed E-state index contributed by atoms with van der Waals surface area (Å²) in [7, 11) is 0. The van der Waals surface area contributed by atoms with Gasteiger partial charge in [0.05, 0.1) is 15.1 Å². The van der Waals surface area contributed by atoms with Crippen molar-refractivity contribution < 1.29 is 19.1 Å². The molecule has 0 radical (unpaired) electrons. The predicted octanol–water partition coefficient (Wildman–Crippen LogP) is 5.24. The maximum atomic E-state index is 12.5. The van der Waals surface area contributed by atoms with Crippen LogP contribution in [0.25, 0.3) is 6.08 Å². The molecule has 1 saturated heterocycles. The smallest absolute Gasteiger partial charge is 0.266 e. The summed E-state index contributed by atoms with van der Waals surface area (Å²) in [6.45, 7) is 6.55. The molecule has 3 rings (SSSR count). The highest BCUT2D eigenvalue weighted by molar-refractivity contribution is 14.1. The summed E-state index contributed by atoms with van der Waals surface area (Å²) in [4.78, 5) is 27.0. The number of ether oxygens (including phenoxy) is 2. The third-order valence-electron chi connectivity index (χ3n) is 4.47. The first-order chi connectivity index (χ1) is 15.3. The molecule has 2 amide bonds. The van der Waals surface area contributed by atoms with E-state index in [9.17, 15) is 9.59 Å². The number of rotatable bonds is 8. The number of anilines is 1. The number of nitrogens with one attached hydrogen (secondary N) is 1.